The Balaban J connectivity index is 2.19. The van der Waals surface area contributed by atoms with Crippen molar-refractivity contribution in [1.82, 2.24) is 9.97 Å². The Morgan fingerprint density at radius 2 is 2.00 bits per heavy atom. The van der Waals surface area contributed by atoms with Crippen molar-refractivity contribution in [2.24, 2.45) is 0 Å². The third-order valence-electron chi connectivity index (χ3n) is 3.32. The largest absolute Gasteiger partial charge is 0.496 e. The van der Waals surface area contributed by atoms with Crippen LogP contribution in [0.25, 0.3) is 0 Å². The molecule has 2 aromatic heterocycles. The lowest BCUT2D eigenvalue weighted by molar-refractivity contribution is 0.407. The van der Waals surface area contributed by atoms with Gasteiger partial charge in [-0.1, -0.05) is 0 Å². The molecule has 2 aromatic rings. The maximum atomic E-state index is 5.92. The van der Waals surface area contributed by atoms with E-state index in [4.69, 9.17) is 10.5 Å². The molecule has 2 N–H and O–H groups in total. The van der Waals surface area contributed by atoms with Gasteiger partial charge in [0.05, 0.1) is 7.11 Å². The fourth-order valence-electron chi connectivity index (χ4n) is 2.22. The van der Waals surface area contributed by atoms with Gasteiger partial charge in [-0.2, -0.15) is 0 Å². The highest BCUT2D eigenvalue weighted by Crippen LogP contribution is 2.25. The molecule has 0 unspecified atom stereocenters. The molecule has 4 heteroatoms. The van der Waals surface area contributed by atoms with Gasteiger partial charge in [-0.25, -0.2) is 0 Å². The van der Waals surface area contributed by atoms with Gasteiger partial charge in [-0.05, 0) is 38.3 Å². The molecule has 0 aliphatic heterocycles. The molecule has 0 aliphatic carbocycles. The minimum absolute atomic E-state index is 0.784. The van der Waals surface area contributed by atoms with Crippen LogP contribution in [-0.4, -0.2) is 17.1 Å². The topological polar surface area (TPSA) is 61.0 Å². The van der Waals surface area contributed by atoms with Gasteiger partial charge in [0.2, 0.25) is 0 Å². The van der Waals surface area contributed by atoms with Crippen LogP contribution in [0.3, 0.4) is 0 Å². The van der Waals surface area contributed by atoms with Gasteiger partial charge in [-0.15, -0.1) is 0 Å². The lowest BCUT2D eigenvalue weighted by Gasteiger charge is -2.12. The lowest BCUT2D eigenvalue weighted by atomic mass is 10.0. The Morgan fingerprint density at radius 1 is 1.21 bits per heavy atom. The van der Waals surface area contributed by atoms with Crippen LogP contribution in [0.15, 0.2) is 24.7 Å². The van der Waals surface area contributed by atoms with Gasteiger partial charge in [0.25, 0.3) is 0 Å². The summed E-state index contributed by atoms with van der Waals surface area (Å²) in [5.41, 5.74) is 11.0. The minimum atomic E-state index is 0.784. The summed E-state index contributed by atoms with van der Waals surface area (Å²) >= 11 is 0. The van der Waals surface area contributed by atoms with E-state index in [0.29, 0.717) is 0 Å². The standard InChI is InChI=1S/C15H19N3O/c1-10-8-18-14(11(2)15(10)19-3)5-4-12-9-17-7-6-13(12)16/h6-9H,4-5H2,1-3H3,(H2,16,17). The summed E-state index contributed by atoms with van der Waals surface area (Å²) < 4.78 is 5.42. The van der Waals surface area contributed by atoms with Crippen molar-refractivity contribution in [1.29, 1.82) is 0 Å². The van der Waals surface area contributed by atoms with Crippen LogP contribution in [0.5, 0.6) is 5.75 Å². The molecule has 0 saturated heterocycles. The van der Waals surface area contributed by atoms with E-state index >= 15 is 0 Å². The van der Waals surface area contributed by atoms with Gasteiger partial charge in [-0.3, -0.25) is 9.97 Å². The SMILES string of the molecule is COc1c(C)cnc(CCc2cnccc2N)c1C. The average Bonchev–Trinajstić information content (AvgIpc) is 2.40. The van der Waals surface area contributed by atoms with Crippen LogP contribution in [-0.2, 0) is 12.8 Å². The van der Waals surface area contributed by atoms with E-state index in [9.17, 15) is 0 Å². The molecule has 0 atom stereocenters. The van der Waals surface area contributed by atoms with Crippen LogP contribution in [0.4, 0.5) is 5.69 Å². The second kappa shape index (κ2) is 5.69. The van der Waals surface area contributed by atoms with E-state index in [1.807, 2.05) is 32.3 Å². The molecule has 0 amide bonds. The third kappa shape index (κ3) is 2.84. The number of anilines is 1. The Hall–Kier alpha value is -2.10. The van der Waals surface area contributed by atoms with Crippen LogP contribution in [0.1, 0.15) is 22.4 Å². The molecule has 0 radical (unpaired) electrons. The smallest absolute Gasteiger partial charge is 0.128 e. The van der Waals surface area contributed by atoms with Crippen LogP contribution in [0.2, 0.25) is 0 Å². The summed E-state index contributed by atoms with van der Waals surface area (Å²) in [6, 6.07) is 1.82. The van der Waals surface area contributed by atoms with Crippen molar-refractivity contribution < 1.29 is 4.74 Å². The predicted molar refractivity (Wildman–Crippen MR) is 76.3 cm³/mol. The maximum absolute atomic E-state index is 5.92. The predicted octanol–water partition coefficient (Wildman–Crippen LogP) is 2.47. The summed E-state index contributed by atoms with van der Waals surface area (Å²) in [6.45, 7) is 4.04. The van der Waals surface area contributed by atoms with Crippen molar-refractivity contribution in [3.8, 4) is 5.75 Å². The van der Waals surface area contributed by atoms with Crippen LogP contribution in [0, 0.1) is 13.8 Å². The number of hydrogen-bond donors (Lipinski definition) is 1. The Labute approximate surface area is 113 Å². The molecule has 0 bridgehead atoms. The highest BCUT2D eigenvalue weighted by molar-refractivity contribution is 5.45. The Bertz CT molecular complexity index is 582. The number of nitrogens with zero attached hydrogens (tertiary/aromatic N) is 2. The van der Waals surface area contributed by atoms with Gasteiger partial charge in [0.1, 0.15) is 5.75 Å². The number of ether oxygens (including phenoxy) is 1. The van der Waals surface area contributed by atoms with Gasteiger partial charge in [0.15, 0.2) is 0 Å². The summed E-state index contributed by atoms with van der Waals surface area (Å²) in [5.74, 6) is 0.921. The maximum Gasteiger partial charge on any atom is 0.128 e. The normalized spacial score (nSPS) is 10.5. The van der Waals surface area contributed by atoms with Crippen molar-refractivity contribution in [3.63, 3.8) is 0 Å². The Morgan fingerprint density at radius 3 is 2.68 bits per heavy atom. The molecular formula is C15H19N3O. The Kier molecular flexibility index (Phi) is 4.00. The molecule has 2 heterocycles. The fraction of sp³-hybridized carbons (Fsp3) is 0.333. The lowest BCUT2D eigenvalue weighted by Crippen LogP contribution is -2.03. The fourth-order valence-corrected chi connectivity index (χ4v) is 2.22. The zero-order valence-corrected chi connectivity index (χ0v) is 11.6. The molecule has 100 valence electrons. The van der Waals surface area contributed by atoms with Crippen LogP contribution >= 0.6 is 0 Å². The monoisotopic (exact) mass is 257 g/mol. The van der Waals surface area contributed by atoms with Crippen molar-refractivity contribution in [2.45, 2.75) is 26.7 Å². The molecule has 0 saturated carbocycles. The second-order valence-electron chi connectivity index (χ2n) is 4.62. The second-order valence-corrected chi connectivity index (χ2v) is 4.62. The van der Waals surface area contributed by atoms with Crippen molar-refractivity contribution >= 4 is 5.69 Å². The first-order chi connectivity index (χ1) is 9.13. The number of nitrogen functional groups attached to an aromatic ring is 1. The van der Waals surface area contributed by atoms with E-state index in [1.54, 1.807) is 13.3 Å². The first kappa shape index (κ1) is 13.3. The molecule has 19 heavy (non-hydrogen) atoms. The highest BCUT2D eigenvalue weighted by atomic mass is 16.5. The number of aromatic nitrogens is 2. The number of pyridine rings is 2. The average molecular weight is 257 g/mol. The molecule has 2 rings (SSSR count). The first-order valence-electron chi connectivity index (χ1n) is 6.31. The molecule has 0 spiro atoms. The zero-order chi connectivity index (χ0) is 13.8. The highest BCUT2D eigenvalue weighted by Gasteiger charge is 2.10. The van der Waals surface area contributed by atoms with E-state index < -0.39 is 0 Å². The summed E-state index contributed by atoms with van der Waals surface area (Å²) in [7, 11) is 1.69. The first-order valence-corrected chi connectivity index (χ1v) is 6.31. The van der Waals surface area contributed by atoms with Gasteiger partial charge >= 0.3 is 0 Å². The summed E-state index contributed by atoms with van der Waals surface area (Å²) in [6.07, 6.45) is 7.04. The zero-order valence-electron chi connectivity index (χ0n) is 11.6. The third-order valence-corrected chi connectivity index (χ3v) is 3.32. The number of rotatable bonds is 4. The van der Waals surface area contributed by atoms with E-state index in [-0.39, 0.29) is 0 Å². The number of nitrogens with two attached hydrogens (primary N) is 1. The molecule has 0 aromatic carbocycles. The van der Waals surface area contributed by atoms with Crippen molar-refractivity contribution in [2.75, 3.05) is 12.8 Å². The number of hydrogen-bond acceptors (Lipinski definition) is 4. The minimum Gasteiger partial charge on any atom is -0.496 e. The molecule has 4 nitrogen and oxygen atoms in total. The van der Waals surface area contributed by atoms with Gasteiger partial charge < -0.3 is 10.5 Å². The number of methoxy groups -OCH3 is 1. The van der Waals surface area contributed by atoms with Crippen LogP contribution < -0.4 is 10.5 Å². The van der Waals surface area contributed by atoms with E-state index in [1.165, 1.54) is 0 Å². The molecular weight excluding hydrogens is 238 g/mol. The van der Waals surface area contributed by atoms with Crippen molar-refractivity contribution in [3.05, 3.63) is 47.0 Å². The molecule has 0 aliphatic rings. The quantitative estimate of drug-likeness (QED) is 0.914. The summed E-state index contributed by atoms with van der Waals surface area (Å²) in [4.78, 5) is 8.59. The molecule has 0 fully saturated rings. The van der Waals surface area contributed by atoms with Gasteiger partial charge in [0, 0.05) is 41.1 Å². The van der Waals surface area contributed by atoms with E-state index in [0.717, 1.165) is 46.7 Å². The van der Waals surface area contributed by atoms with E-state index in [2.05, 4.69) is 9.97 Å². The summed E-state index contributed by atoms with van der Waals surface area (Å²) in [5, 5.41) is 0. The number of aryl methyl sites for hydroxylation is 3.